The van der Waals surface area contributed by atoms with E-state index < -0.39 is 11.7 Å². The van der Waals surface area contributed by atoms with Gasteiger partial charge in [-0.2, -0.15) is 13.2 Å². The normalized spacial score (nSPS) is 22.7. The molecule has 0 saturated heterocycles. The number of hydrogen-bond acceptors (Lipinski definition) is 2. The molecule has 2 nitrogen and oxygen atoms in total. The third kappa shape index (κ3) is 2.66. The second-order valence-electron chi connectivity index (χ2n) is 4.32. The maximum atomic E-state index is 12.5. The van der Waals surface area contributed by atoms with E-state index in [1.807, 2.05) is 0 Å². The van der Waals surface area contributed by atoms with Crippen molar-refractivity contribution in [1.82, 2.24) is 0 Å². The molecule has 0 aliphatic heterocycles. The van der Waals surface area contributed by atoms with Crippen LogP contribution >= 0.6 is 0 Å². The lowest BCUT2D eigenvalue weighted by atomic mass is 10.1. The van der Waals surface area contributed by atoms with Crippen LogP contribution in [-0.4, -0.2) is 12.6 Å². The van der Waals surface area contributed by atoms with Crippen LogP contribution in [0.2, 0.25) is 0 Å². The predicted octanol–water partition coefficient (Wildman–Crippen LogP) is 3.37. The minimum Gasteiger partial charge on any atom is -0.466 e. The summed E-state index contributed by atoms with van der Waals surface area (Å²) in [5.41, 5.74) is -0.114. The highest BCUT2D eigenvalue weighted by molar-refractivity contribution is 5.77. The zero-order valence-corrected chi connectivity index (χ0v) is 9.83. The van der Waals surface area contributed by atoms with Crippen molar-refractivity contribution < 1.29 is 22.7 Å². The molecule has 1 aromatic carbocycles. The fourth-order valence-electron chi connectivity index (χ4n) is 2.02. The van der Waals surface area contributed by atoms with Crippen LogP contribution in [0, 0.1) is 5.92 Å². The summed E-state index contributed by atoms with van der Waals surface area (Å²) < 4.78 is 42.5. The van der Waals surface area contributed by atoms with Gasteiger partial charge in [-0.1, -0.05) is 18.2 Å². The second-order valence-corrected chi connectivity index (χ2v) is 4.32. The molecule has 98 valence electrons. The Morgan fingerprint density at radius 1 is 1.44 bits per heavy atom. The summed E-state index contributed by atoms with van der Waals surface area (Å²) in [6.07, 6.45) is -3.77. The number of halogens is 3. The van der Waals surface area contributed by atoms with E-state index in [0.717, 1.165) is 12.1 Å². The molecule has 0 amide bonds. The zero-order chi connectivity index (χ0) is 13.3. The van der Waals surface area contributed by atoms with E-state index in [9.17, 15) is 18.0 Å². The zero-order valence-electron chi connectivity index (χ0n) is 9.83. The van der Waals surface area contributed by atoms with Gasteiger partial charge in [0.05, 0.1) is 18.1 Å². The fraction of sp³-hybridized carbons (Fsp3) is 0.462. The topological polar surface area (TPSA) is 26.3 Å². The van der Waals surface area contributed by atoms with Gasteiger partial charge in [-0.15, -0.1) is 0 Å². The average molecular weight is 258 g/mol. The van der Waals surface area contributed by atoms with Gasteiger partial charge in [0.1, 0.15) is 0 Å². The van der Waals surface area contributed by atoms with Gasteiger partial charge in [-0.05, 0) is 30.9 Å². The standard InChI is InChI=1S/C13H13F3O2/c1-2-18-12(17)11-7-10(11)8-4-3-5-9(6-8)13(14,15)16/h3-6,10-11H,2,7H2,1H3/t10-,11+/m0/s1. The van der Waals surface area contributed by atoms with Gasteiger partial charge in [-0.25, -0.2) is 0 Å². The minimum absolute atomic E-state index is 0.133. The molecule has 1 aliphatic rings. The van der Waals surface area contributed by atoms with E-state index in [1.54, 1.807) is 13.0 Å². The number of carbonyl (C=O) groups excluding carboxylic acids is 1. The van der Waals surface area contributed by atoms with Crippen LogP contribution in [0.15, 0.2) is 24.3 Å². The molecule has 0 aromatic heterocycles. The Bertz CT molecular complexity index is 454. The van der Waals surface area contributed by atoms with E-state index in [4.69, 9.17) is 4.74 Å². The van der Waals surface area contributed by atoms with Crippen molar-refractivity contribution in [2.45, 2.75) is 25.4 Å². The third-order valence-corrected chi connectivity index (χ3v) is 3.02. The molecular formula is C13H13F3O2. The maximum Gasteiger partial charge on any atom is 0.416 e. The molecule has 0 bridgehead atoms. The first-order valence-corrected chi connectivity index (χ1v) is 5.77. The van der Waals surface area contributed by atoms with Gasteiger partial charge in [0.25, 0.3) is 0 Å². The first-order valence-electron chi connectivity index (χ1n) is 5.77. The Morgan fingerprint density at radius 2 is 2.17 bits per heavy atom. The monoisotopic (exact) mass is 258 g/mol. The Morgan fingerprint density at radius 3 is 2.78 bits per heavy atom. The number of esters is 1. The number of ether oxygens (including phenoxy) is 1. The molecule has 1 aliphatic carbocycles. The average Bonchev–Trinajstić information content (AvgIpc) is 3.08. The van der Waals surface area contributed by atoms with Crippen LogP contribution in [0.1, 0.15) is 30.4 Å². The summed E-state index contributed by atoms with van der Waals surface area (Å²) in [6.45, 7) is 2.00. The second kappa shape index (κ2) is 4.63. The maximum absolute atomic E-state index is 12.5. The van der Waals surface area contributed by atoms with E-state index in [1.165, 1.54) is 6.07 Å². The van der Waals surface area contributed by atoms with E-state index >= 15 is 0 Å². The Labute approximate surface area is 103 Å². The molecule has 5 heteroatoms. The van der Waals surface area contributed by atoms with Crippen molar-refractivity contribution in [3.05, 3.63) is 35.4 Å². The molecule has 2 rings (SSSR count). The lowest BCUT2D eigenvalue weighted by molar-refractivity contribution is -0.144. The van der Waals surface area contributed by atoms with Gasteiger partial charge in [0, 0.05) is 0 Å². The van der Waals surface area contributed by atoms with Gasteiger partial charge < -0.3 is 4.74 Å². The molecule has 2 atom stereocenters. The van der Waals surface area contributed by atoms with Crippen LogP contribution in [0.5, 0.6) is 0 Å². The number of benzene rings is 1. The van der Waals surface area contributed by atoms with E-state index in [2.05, 4.69) is 0 Å². The molecule has 0 heterocycles. The van der Waals surface area contributed by atoms with Crippen LogP contribution in [-0.2, 0) is 15.7 Å². The summed E-state index contributed by atoms with van der Waals surface area (Å²) in [6, 6.07) is 5.15. The van der Waals surface area contributed by atoms with Crippen LogP contribution < -0.4 is 0 Å². The summed E-state index contributed by atoms with van der Waals surface area (Å²) in [4.78, 5) is 11.4. The third-order valence-electron chi connectivity index (χ3n) is 3.02. The SMILES string of the molecule is CCOC(=O)[C@@H]1C[C@H]1c1cccc(C(F)(F)F)c1. The van der Waals surface area contributed by atoms with E-state index in [-0.39, 0.29) is 17.8 Å². The van der Waals surface area contributed by atoms with Crippen LogP contribution in [0.3, 0.4) is 0 Å². The van der Waals surface area contributed by atoms with Crippen molar-refractivity contribution in [3.63, 3.8) is 0 Å². The number of rotatable bonds is 3. The minimum atomic E-state index is -4.34. The molecule has 1 aromatic rings. The molecule has 0 unspecified atom stereocenters. The molecule has 0 spiro atoms. The predicted molar refractivity (Wildman–Crippen MR) is 58.9 cm³/mol. The lowest BCUT2D eigenvalue weighted by Gasteiger charge is -2.08. The van der Waals surface area contributed by atoms with E-state index in [0.29, 0.717) is 18.6 Å². The van der Waals surface area contributed by atoms with Crippen molar-refractivity contribution >= 4 is 5.97 Å². The van der Waals surface area contributed by atoms with Crippen molar-refractivity contribution in [2.75, 3.05) is 6.61 Å². The quantitative estimate of drug-likeness (QED) is 0.777. The fourth-order valence-corrected chi connectivity index (χ4v) is 2.02. The Hall–Kier alpha value is -1.52. The van der Waals surface area contributed by atoms with Gasteiger partial charge in [-0.3, -0.25) is 4.79 Å². The summed E-state index contributed by atoms with van der Waals surface area (Å²) >= 11 is 0. The van der Waals surface area contributed by atoms with Crippen LogP contribution in [0.25, 0.3) is 0 Å². The van der Waals surface area contributed by atoms with Gasteiger partial charge >= 0.3 is 12.1 Å². The largest absolute Gasteiger partial charge is 0.466 e. The summed E-state index contributed by atoms with van der Waals surface area (Å²) in [5.74, 6) is -0.736. The Balaban J connectivity index is 2.10. The Kier molecular flexibility index (Phi) is 3.32. The molecule has 0 radical (unpaired) electrons. The van der Waals surface area contributed by atoms with Crippen molar-refractivity contribution in [3.8, 4) is 0 Å². The highest BCUT2D eigenvalue weighted by Crippen LogP contribution is 2.48. The lowest BCUT2D eigenvalue weighted by Crippen LogP contribution is -2.08. The highest BCUT2D eigenvalue weighted by atomic mass is 19.4. The van der Waals surface area contributed by atoms with Gasteiger partial charge in [0.2, 0.25) is 0 Å². The number of alkyl halides is 3. The number of hydrogen-bond donors (Lipinski definition) is 0. The molecule has 1 saturated carbocycles. The number of carbonyl (C=O) groups is 1. The molecule has 18 heavy (non-hydrogen) atoms. The first-order chi connectivity index (χ1) is 8.43. The van der Waals surface area contributed by atoms with Gasteiger partial charge in [0.15, 0.2) is 0 Å². The summed E-state index contributed by atoms with van der Waals surface area (Å²) in [7, 11) is 0. The smallest absolute Gasteiger partial charge is 0.416 e. The first kappa shape index (κ1) is 12.9. The van der Waals surface area contributed by atoms with Crippen molar-refractivity contribution in [2.24, 2.45) is 5.92 Å². The molecule has 1 fully saturated rings. The molecular weight excluding hydrogens is 245 g/mol. The highest BCUT2D eigenvalue weighted by Gasteiger charge is 2.45. The van der Waals surface area contributed by atoms with Crippen molar-refractivity contribution in [1.29, 1.82) is 0 Å². The molecule has 0 N–H and O–H groups in total. The van der Waals surface area contributed by atoms with Crippen LogP contribution in [0.4, 0.5) is 13.2 Å². The summed E-state index contributed by atoms with van der Waals surface area (Å²) in [5, 5.41) is 0.